The van der Waals surface area contributed by atoms with Crippen molar-refractivity contribution in [2.45, 2.75) is 18.3 Å². The number of fused-ring (bicyclic) bond motifs is 1. The molecule has 3 rings (SSSR count). The van der Waals surface area contributed by atoms with Gasteiger partial charge in [-0.25, -0.2) is 4.79 Å². The van der Waals surface area contributed by atoms with Crippen LogP contribution in [0.1, 0.15) is 12.7 Å². The second-order valence-corrected chi connectivity index (χ2v) is 6.90. The van der Waals surface area contributed by atoms with Crippen molar-refractivity contribution in [3.63, 3.8) is 0 Å². The monoisotopic (exact) mass is 409 g/mol. The Hall–Kier alpha value is -2.79. The van der Waals surface area contributed by atoms with Crippen LogP contribution in [0.3, 0.4) is 0 Å². The summed E-state index contributed by atoms with van der Waals surface area (Å²) in [6.07, 6.45) is 1.38. The van der Waals surface area contributed by atoms with E-state index in [4.69, 9.17) is 9.15 Å². The summed E-state index contributed by atoms with van der Waals surface area (Å²) in [6, 6.07) is 2.27. The average molecular weight is 409 g/mol. The molecular weight excluding hydrogens is 390 g/mol. The molecule has 2 amide bonds. The summed E-state index contributed by atoms with van der Waals surface area (Å²) in [5.41, 5.74) is 0.340. The molecule has 2 aliphatic rings. The van der Waals surface area contributed by atoms with Crippen molar-refractivity contribution in [2.24, 2.45) is 5.16 Å². The lowest BCUT2D eigenvalue weighted by molar-refractivity contribution is -0.152. The Morgan fingerprint density at radius 1 is 1.50 bits per heavy atom. The summed E-state index contributed by atoms with van der Waals surface area (Å²) in [5, 5.41) is 15.3. The van der Waals surface area contributed by atoms with E-state index >= 15 is 0 Å². The molecular formula is C17H19N3O7S. The van der Waals surface area contributed by atoms with Crippen LogP contribution in [0.4, 0.5) is 0 Å². The van der Waals surface area contributed by atoms with E-state index in [9.17, 15) is 19.5 Å². The number of hydrogen-bond donors (Lipinski definition) is 2. The highest BCUT2D eigenvalue weighted by Crippen LogP contribution is 2.40. The molecule has 1 saturated heterocycles. The van der Waals surface area contributed by atoms with Crippen molar-refractivity contribution in [1.29, 1.82) is 0 Å². The zero-order valence-corrected chi connectivity index (χ0v) is 16.0. The van der Waals surface area contributed by atoms with Gasteiger partial charge in [0.15, 0.2) is 5.76 Å². The van der Waals surface area contributed by atoms with Crippen molar-refractivity contribution in [3.8, 4) is 0 Å². The number of furan rings is 1. The first-order chi connectivity index (χ1) is 13.5. The van der Waals surface area contributed by atoms with Crippen LogP contribution in [0, 0.1) is 0 Å². The minimum atomic E-state index is -0.862. The van der Waals surface area contributed by atoms with Crippen molar-refractivity contribution < 1.29 is 33.5 Å². The van der Waals surface area contributed by atoms with E-state index in [1.54, 1.807) is 13.0 Å². The quantitative estimate of drug-likeness (QED) is 0.275. The predicted molar refractivity (Wildman–Crippen MR) is 98.0 cm³/mol. The van der Waals surface area contributed by atoms with Crippen LogP contribution in [0.5, 0.6) is 0 Å². The van der Waals surface area contributed by atoms with Gasteiger partial charge in [0.25, 0.3) is 11.8 Å². The molecule has 0 spiro atoms. The molecule has 2 unspecified atom stereocenters. The van der Waals surface area contributed by atoms with Crippen LogP contribution in [0.2, 0.25) is 0 Å². The molecule has 0 aromatic carbocycles. The number of oxime groups is 1. The Kier molecular flexibility index (Phi) is 6.05. The standard InChI is InChI=1S/C17H19N3O7S/c1-3-26-17(24)13-9(7-21)8-28-16-12(15(23)20(13)16)18-14(22)11(19-25-2)10-5-4-6-27-10/h4-6,12,16,21H,3,7-8H2,1-2H3,(H,18,22)/b19-11+. The highest BCUT2D eigenvalue weighted by Gasteiger charge is 2.54. The molecule has 0 aliphatic carbocycles. The lowest BCUT2D eigenvalue weighted by Crippen LogP contribution is -2.71. The third kappa shape index (κ3) is 3.50. The van der Waals surface area contributed by atoms with Crippen LogP contribution in [-0.4, -0.2) is 71.0 Å². The van der Waals surface area contributed by atoms with Gasteiger partial charge in [-0.05, 0) is 24.6 Å². The Morgan fingerprint density at radius 3 is 2.89 bits per heavy atom. The smallest absolute Gasteiger partial charge is 0.355 e. The fourth-order valence-corrected chi connectivity index (χ4v) is 4.24. The molecule has 0 radical (unpaired) electrons. The number of esters is 1. The first-order valence-corrected chi connectivity index (χ1v) is 9.48. The molecule has 28 heavy (non-hydrogen) atoms. The third-order valence-electron chi connectivity index (χ3n) is 4.15. The fraction of sp³-hybridized carbons (Fsp3) is 0.412. The van der Waals surface area contributed by atoms with Gasteiger partial charge in [-0.1, -0.05) is 5.16 Å². The van der Waals surface area contributed by atoms with E-state index < -0.39 is 29.2 Å². The maximum atomic E-state index is 12.7. The van der Waals surface area contributed by atoms with E-state index in [1.807, 2.05) is 0 Å². The van der Waals surface area contributed by atoms with Crippen LogP contribution in [0.25, 0.3) is 0 Å². The number of nitrogens with zero attached hydrogens (tertiary/aromatic N) is 2. The van der Waals surface area contributed by atoms with Crippen LogP contribution in [-0.2, 0) is 24.0 Å². The molecule has 2 aliphatic heterocycles. The number of rotatable bonds is 7. The minimum absolute atomic E-state index is 0.0421. The van der Waals surface area contributed by atoms with E-state index in [0.717, 1.165) is 0 Å². The molecule has 0 bridgehead atoms. The second-order valence-electron chi connectivity index (χ2n) is 5.79. The molecule has 0 saturated carbocycles. The van der Waals surface area contributed by atoms with Gasteiger partial charge in [0.05, 0.1) is 19.5 Å². The average Bonchev–Trinajstić information content (AvgIpc) is 3.23. The Morgan fingerprint density at radius 2 is 2.29 bits per heavy atom. The number of β-lactam (4-membered cyclic amide) rings is 1. The van der Waals surface area contributed by atoms with Gasteiger partial charge < -0.3 is 24.4 Å². The van der Waals surface area contributed by atoms with Gasteiger partial charge >= 0.3 is 5.97 Å². The largest absolute Gasteiger partial charge is 0.462 e. The van der Waals surface area contributed by atoms with Gasteiger partial charge in [0.1, 0.15) is 24.2 Å². The molecule has 3 heterocycles. The van der Waals surface area contributed by atoms with Crippen LogP contribution >= 0.6 is 11.8 Å². The number of nitrogens with one attached hydrogen (secondary N) is 1. The normalized spacial score (nSPS) is 21.8. The maximum Gasteiger partial charge on any atom is 0.355 e. The van der Waals surface area contributed by atoms with Crippen molar-refractivity contribution in [1.82, 2.24) is 10.2 Å². The van der Waals surface area contributed by atoms with Gasteiger partial charge in [0.2, 0.25) is 5.71 Å². The lowest BCUT2D eigenvalue weighted by atomic mass is 10.0. The topological polar surface area (TPSA) is 131 Å². The summed E-state index contributed by atoms with van der Waals surface area (Å²) < 4.78 is 10.2. The Balaban J connectivity index is 1.78. The van der Waals surface area contributed by atoms with E-state index in [2.05, 4.69) is 15.3 Å². The van der Waals surface area contributed by atoms with Gasteiger partial charge in [-0.15, -0.1) is 11.8 Å². The summed E-state index contributed by atoms with van der Waals surface area (Å²) in [6.45, 7) is 1.43. The Labute approximate surface area is 164 Å². The summed E-state index contributed by atoms with van der Waals surface area (Å²) in [7, 11) is 1.29. The minimum Gasteiger partial charge on any atom is -0.462 e. The lowest BCUT2D eigenvalue weighted by Gasteiger charge is -2.49. The molecule has 1 aromatic heterocycles. The maximum absolute atomic E-state index is 12.7. The van der Waals surface area contributed by atoms with E-state index in [-0.39, 0.29) is 30.4 Å². The molecule has 2 N–H and O–H groups in total. The van der Waals surface area contributed by atoms with Crippen LogP contribution in [0.15, 0.2) is 39.2 Å². The SMILES string of the molecule is CCOC(=O)C1=C(CO)CSC2C(NC(=O)/C(=N/OC)c3ccco3)C(=O)N12. The number of hydrogen-bond acceptors (Lipinski definition) is 9. The zero-order chi connectivity index (χ0) is 20.3. The number of ether oxygens (including phenoxy) is 1. The number of carbonyl (C=O) groups excluding carboxylic acids is 3. The molecule has 150 valence electrons. The van der Waals surface area contributed by atoms with Gasteiger partial charge in [-0.3, -0.25) is 14.5 Å². The van der Waals surface area contributed by atoms with E-state index in [0.29, 0.717) is 11.3 Å². The number of aliphatic hydroxyl groups is 1. The van der Waals surface area contributed by atoms with Crippen LogP contribution < -0.4 is 5.32 Å². The summed E-state index contributed by atoms with van der Waals surface area (Å²) >= 11 is 1.33. The molecule has 10 nitrogen and oxygen atoms in total. The molecule has 11 heteroatoms. The number of aliphatic hydroxyl groups excluding tert-OH is 1. The first-order valence-electron chi connectivity index (χ1n) is 8.44. The summed E-state index contributed by atoms with van der Waals surface area (Å²) in [4.78, 5) is 43.4. The van der Waals surface area contributed by atoms with Gasteiger partial charge in [-0.2, -0.15) is 0 Å². The fourth-order valence-electron chi connectivity index (χ4n) is 2.91. The van der Waals surface area contributed by atoms with Crippen molar-refractivity contribution >= 4 is 35.3 Å². The zero-order valence-electron chi connectivity index (χ0n) is 15.2. The highest BCUT2D eigenvalue weighted by molar-refractivity contribution is 8.00. The predicted octanol–water partition coefficient (Wildman–Crippen LogP) is -0.161. The van der Waals surface area contributed by atoms with Crippen molar-refractivity contribution in [2.75, 3.05) is 26.1 Å². The second kappa shape index (κ2) is 8.48. The van der Waals surface area contributed by atoms with Gasteiger partial charge in [0, 0.05) is 5.75 Å². The molecule has 1 aromatic rings. The Bertz CT molecular complexity index is 834. The molecule has 2 atom stereocenters. The van der Waals surface area contributed by atoms with E-state index in [1.165, 1.54) is 36.1 Å². The summed E-state index contributed by atoms with van der Waals surface area (Å²) in [5.74, 6) is -1.27. The number of carbonyl (C=O) groups is 3. The molecule has 1 fully saturated rings. The first kappa shape index (κ1) is 20.0. The highest BCUT2D eigenvalue weighted by atomic mass is 32.2. The number of amides is 2. The van der Waals surface area contributed by atoms with Crippen molar-refractivity contribution in [3.05, 3.63) is 35.4 Å². The third-order valence-corrected chi connectivity index (χ3v) is 5.49. The number of thioether (sulfide) groups is 1.